The zero-order valence-corrected chi connectivity index (χ0v) is 11.1. The molecule has 0 aliphatic rings. The van der Waals surface area contributed by atoms with Gasteiger partial charge in [0.15, 0.2) is 0 Å². The van der Waals surface area contributed by atoms with Crippen LogP contribution in [0, 0.1) is 5.82 Å². The molecule has 17 heavy (non-hydrogen) atoms. The average molecular weight is 255 g/mol. The second kappa shape index (κ2) is 8.30. The molecule has 0 amide bonds. The smallest absolute Gasteiger partial charge is 0.123 e. The van der Waals surface area contributed by atoms with Crippen LogP contribution in [0.5, 0.6) is 0 Å². The molecular formula is C15H20ClF. The van der Waals surface area contributed by atoms with Gasteiger partial charge in [-0.15, -0.1) is 0 Å². The SMILES string of the molecule is CCCCCCC/C(Cl)=C/c1ccc(F)cc1. The van der Waals surface area contributed by atoms with Crippen molar-refractivity contribution in [2.45, 2.75) is 45.4 Å². The van der Waals surface area contributed by atoms with Crippen molar-refractivity contribution in [3.8, 4) is 0 Å². The predicted molar refractivity (Wildman–Crippen MR) is 73.6 cm³/mol. The first kappa shape index (κ1) is 14.2. The van der Waals surface area contributed by atoms with Crippen LogP contribution in [0.3, 0.4) is 0 Å². The third-order valence-corrected chi connectivity index (χ3v) is 3.01. The minimum Gasteiger partial charge on any atom is -0.207 e. The van der Waals surface area contributed by atoms with Crippen LogP contribution in [-0.2, 0) is 0 Å². The maximum atomic E-state index is 12.7. The molecule has 0 saturated heterocycles. The standard InChI is InChI=1S/C15H20ClF/c1-2-3-4-5-6-7-14(16)12-13-8-10-15(17)11-9-13/h8-12H,2-7H2,1H3/b14-12-. The molecule has 0 fully saturated rings. The zero-order chi connectivity index (χ0) is 12.5. The topological polar surface area (TPSA) is 0 Å². The summed E-state index contributed by atoms with van der Waals surface area (Å²) in [5.74, 6) is -0.210. The van der Waals surface area contributed by atoms with E-state index < -0.39 is 0 Å². The Balaban J connectivity index is 2.31. The lowest BCUT2D eigenvalue weighted by molar-refractivity contribution is 0.627. The Labute approximate surface area is 108 Å². The van der Waals surface area contributed by atoms with Crippen LogP contribution in [0.4, 0.5) is 4.39 Å². The van der Waals surface area contributed by atoms with Crippen LogP contribution in [0.25, 0.3) is 6.08 Å². The van der Waals surface area contributed by atoms with Crippen LogP contribution >= 0.6 is 11.6 Å². The Morgan fingerprint density at radius 2 is 1.76 bits per heavy atom. The molecule has 0 bridgehead atoms. The summed E-state index contributed by atoms with van der Waals surface area (Å²) in [4.78, 5) is 0. The van der Waals surface area contributed by atoms with E-state index >= 15 is 0 Å². The second-order valence-corrected chi connectivity index (χ2v) is 4.79. The lowest BCUT2D eigenvalue weighted by Gasteiger charge is -2.00. The lowest BCUT2D eigenvalue weighted by Crippen LogP contribution is -1.80. The molecule has 1 aromatic carbocycles. The minimum absolute atomic E-state index is 0.210. The number of hydrogen-bond donors (Lipinski definition) is 0. The summed E-state index contributed by atoms with van der Waals surface area (Å²) in [5.41, 5.74) is 0.963. The minimum atomic E-state index is -0.210. The van der Waals surface area contributed by atoms with E-state index in [0.717, 1.165) is 23.4 Å². The molecule has 0 aliphatic heterocycles. The van der Waals surface area contributed by atoms with Crippen molar-refractivity contribution in [2.75, 3.05) is 0 Å². The number of benzene rings is 1. The molecule has 0 aromatic heterocycles. The lowest BCUT2D eigenvalue weighted by atomic mass is 10.1. The fourth-order valence-electron chi connectivity index (χ4n) is 1.71. The maximum absolute atomic E-state index is 12.7. The van der Waals surface area contributed by atoms with Gasteiger partial charge in [-0.3, -0.25) is 0 Å². The van der Waals surface area contributed by atoms with Crippen molar-refractivity contribution < 1.29 is 4.39 Å². The summed E-state index contributed by atoms with van der Waals surface area (Å²) in [5, 5.41) is 0.855. The van der Waals surface area contributed by atoms with Gasteiger partial charge in [0.2, 0.25) is 0 Å². The number of hydrogen-bond acceptors (Lipinski definition) is 0. The quantitative estimate of drug-likeness (QED) is 0.542. The molecule has 1 rings (SSSR count). The van der Waals surface area contributed by atoms with Gasteiger partial charge in [-0.2, -0.15) is 0 Å². The van der Waals surface area contributed by atoms with Crippen molar-refractivity contribution in [2.24, 2.45) is 0 Å². The number of rotatable bonds is 7. The fourth-order valence-corrected chi connectivity index (χ4v) is 1.97. The highest BCUT2D eigenvalue weighted by molar-refractivity contribution is 6.31. The van der Waals surface area contributed by atoms with Gasteiger partial charge in [0, 0.05) is 5.03 Å². The number of unbranched alkanes of at least 4 members (excludes halogenated alkanes) is 4. The van der Waals surface area contributed by atoms with E-state index in [9.17, 15) is 4.39 Å². The van der Waals surface area contributed by atoms with E-state index in [0.29, 0.717) is 0 Å². The molecule has 1 aromatic rings. The van der Waals surface area contributed by atoms with E-state index in [1.165, 1.54) is 37.8 Å². The van der Waals surface area contributed by atoms with Crippen molar-refractivity contribution in [3.05, 3.63) is 40.7 Å². The normalized spacial score (nSPS) is 11.8. The first-order chi connectivity index (χ1) is 8.22. The summed E-state index contributed by atoms with van der Waals surface area (Å²) in [7, 11) is 0. The Morgan fingerprint density at radius 3 is 2.41 bits per heavy atom. The van der Waals surface area contributed by atoms with Gasteiger partial charge in [-0.25, -0.2) is 4.39 Å². The second-order valence-electron chi connectivity index (χ2n) is 4.31. The van der Waals surface area contributed by atoms with Crippen LogP contribution in [0.1, 0.15) is 51.0 Å². The average Bonchev–Trinajstić information content (AvgIpc) is 2.32. The molecule has 0 spiro atoms. The summed E-state index contributed by atoms with van der Waals surface area (Å²) >= 11 is 6.14. The van der Waals surface area contributed by atoms with Gasteiger partial charge < -0.3 is 0 Å². The summed E-state index contributed by atoms with van der Waals surface area (Å²) in [6.07, 6.45) is 9.07. The highest BCUT2D eigenvalue weighted by Gasteiger charge is 1.96. The number of allylic oxidation sites excluding steroid dienone is 1. The molecule has 2 heteroatoms. The molecule has 0 unspecified atom stereocenters. The molecule has 0 aliphatic carbocycles. The van der Waals surface area contributed by atoms with Crippen LogP contribution < -0.4 is 0 Å². The Morgan fingerprint density at radius 1 is 1.12 bits per heavy atom. The summed E-state index contributed by atoms with van der Waals surface area (Å²) < 4.78 is 12.7. The predicted octanol–water partition coefficient (Wildman–Crippen LogP) is 5.77. The van der Waals surface area contributed by atoms with Gasteiger partial charge in [0.1, 0.15) is 5.82 Å². The first-order valence-electron chi connectivity index (χ1n) is 6.34. The van der Waals surface area contributed by atoms with Gasteiger partial charge in [0.25, 0.3) is 0 Å². The van der Waals surface area contributed by atoms with Crippen molar-refractivity contribution >= 4 is 17.7 Å². The van der Waals surface area contributed by atoms with Gasteiger partial charge in [0.05, 0.1) is 0 Å². The zero-order valence-electron chi connectivity index (χ0n) is 10.4. The molecule has 0 nitrogen and oxygen atoms in total. The Bertz CT molecular complexity index is 340. The largest absolute Gasteiger partial charge is 0.207 e. The highest BCUT2D eigenvalue weighted by atomic mass is 35.5. The van der Waals surface area contributed by atoms with E-state index in [1.807, 2.05) is 6.08 Å². The maximum Gasteiger partial charge on any atom is 0.123 e. The third kappa shape index (κ3) is 6.48. The third-order valence-electron chi connectivity index (χ3n) is 2.71. The van der Waals surface area contributed by atoms with Crippen molar-refractivity contribution in [1.29, 1.82) is 0 Å². The monoisotopic (exact) mass is 254 g/mol. The van der Waals surface area contributed by atoms with E-state index in [1.54, 1.807) is 12.1 Å². The Hall–Kier alpha value is -0.820. The first-order valence-corrected chi connectivity index (χ1v) is 6.72. The molecular weight excluding hydrogens is 235 g/mol. The van der Waals surface area contributed by atoms with E-state index in [4.69, 9.17) is 11.6 Å². The molecule has 0 radical (unpaired) electrons. The fraction of sp³-hybridized carbons (Fsp3) is 0.467. The van der Waals surface area contributed by atoms with Crippen molar-refractivity contribution in [1.82, 2.24) is 0 Å². The Kier molecular flexibility index (Phi) is 6.95. The molecule has 94 valence electrons. The van der Waals surface area contributed by atoms with Crippen LogP contribution in [0.15, 0.2) is 29.3 Å². The van der Waals surface area contributed by atoms with E-state index in [2.05, 4.69) is 6.92 Å². The van der Waals surface area contributed by atoms with Crippen molar-refractivity contribution in [3.63, 3.8) is 0 Å². The molecule has 0 heterocycles. The van der Waals surface area contributed by atoms with Gasteiger partial charge >= 0.3 is 0 Å². The van der Waals surface area contributed by atoms with Gasteiger partial charge in [-0.05, 0) is 36.6 Å². The summed E-state index contributed by atoms with van der Waals surface area (Å²) in [6.45, 7) is 2.21. The van der Waals surface area contributed by atoms with Gasteiger partial charge in [-0.1, -0.05) is 56.3 Å². The molecule has 0 N–H and O–H groups in total. The summed E-state index contributed by atoms with van der Waals surface area (Å²) in [6, 6.07) is 6.40. The van der Waals surface area contributed by atoms with Crippen LogP contribution in [-0.4, -0.2) is 0 Å². The molecule has 0 atom stereocenters. The number of halogens is 2. The van der Waals surface area contributed by atoms with E-state index in [-0.39, 0.29) is 5.82 Å². The highest BCUT2D eigenvalue weighted by Crippen LogP contribution is 2.18. The molecule has 0 saturated carbocycles. The van der Waals surface area contributed by atoms with Crippen LogP contribution in [0.2, 0.25) is 0 Å².